The maximum atomic E-state index is 13.4. The Balaban J connectivity index is 1.27. The van der Waals surface area contributed by atoms with Gasteiger partial charge in [0.1, 0.15) is 0 Å². The number of carbonyl (C=O) groups excluding carboxylic acids is 2. The molecule has 0 aliphatic carbocycles. The van der Waals surface area contributed by atoms with Crippen molar-refractivity contribution in [2.24, 2.45) is 5.92 Å². The van der Waals surface area contributed by atoms with Gasteiger partial charge in [0.15, 0.2) is 0 Å². The number of nitrogens with zero attached hydrogens (tertiary/aromatic N) is 1. The third-order valence-electron chi connectivity index (χ3n) is 7.96. The van der Waals surface area contributed by atoms with E-state index in [4.69, 9.17) is 4.74 Å². The maximum Gasteiger partial charge on any atom is 0.323 e. The van der Waals surface area contributed by atoms with Crippen molar-refractivity contribution in [2.75, 3.05) is 41.8 Å². The van der Waals surface area contributed by atoms with Gasteiger partial charge in [0.2, 0.25) is 0 Å². The lowest BCUT2D eigenvalue weighted by Gasteiger charge is -2.35. The summed E-state index contributed by atoms with van der Waals surface area (Å²) < 4.78 is 5.70. The zero-order valence-electron chi connectivity index (χ0n) is 23.3. The molecule has 210 valence electrons. The van der Waals surface area contributed by atoms with Gasteiger partial charge in [0.25, 0.3) is 5.91 Å². The normalized spacial score (nSPS) is 17.4. The van der Waals surface area contributed by atoms with Crippen molar-refractivity contribution in [3.63, 3.8) is 0 Å². The van der Waals surface area contributed by atoms with Gasteiger partial charge in [-0.25, -0.2) is 4.79 Å². The van der Waals surface area contributed by atoms with Crippen molar-refractivity contribution in [2.45, 2.75) is 51.6 Å². The molecular weight excluding hydrogens is 500 g/mol. The summed E-state index contributed by atoms with van der Waals surface area (Å²) in [5, 5.41) is 8.85. The number of aryl methyl sites for hydroxylation is 1. The number of piperidine rings is 1. The molecule has 7 nitrogen and oxygen atoms in total. The number of benzene rings is 3. The summed E-state index contributed by atoms with van der Waals surface area (Å²) in [4.78, 5) is 28.5. The predicted octanol–water partition coefficient (Wildman–Crippen LogP) is 6.26. The summed E-state index contributed by atoms with van der Waals surface area (Å²) in [5.41, 5.74) is 5.37. The maximum absolute atomic E-state index is 13.4. The van der Waals surface area contributed by atoms with Gasteiger partial charge in [-0.3, -0.25) is 4.79 Å². The second kappa shape index (κ2) is 13.5. The van der Waals surface area contributed by atoms with Crippen LogP contribution in [0.3, 0.4) is 0 Å². The van der Waals surface area contributed by atoms with Gasteiger partial charge in [-0.2, -0.15) is 0 Å². The molecule has 2 heterocycles. The van der Waals surface area contributed by atoms with Gasteiger partial charge in [0.05, 0.1) is 11.7 Å². The third kappa shape index (κ3) is 7.42. The van der Waals surface area contributed by atoms with Crippen molar-refractivity contribution in [1.82, 2.24) is 5.32 Å². The van der Waals surface area contributed by atoms with Crippen molar-refractivity contribution >= 4 is 29.0 Å². The van der Waals surface area contributed by atoms with Gasteiger partial charge >= 0.3 is 6.03 Å². The lowest BCUT2D eigenvalue weighted by atomic mass is 9.89. The third-order valence-corrected chi connectivity index (χ3v) is 7.96. The zero-order valence-corrected chi connectivity index (χ0v) is 23.3. The Morgan fingerprint density at radius 3 is 2.30 bits per heavy atom. The summed E-state index contributed by atoms with van der Waals surface area (Å²) in [6, 6.07) is 23.7. The highest BCUT2D eigenvalue weighted by Gasteiger charge is 2.25. The van der Waals surface area contributed by atoms with Crippen LogP contribution in [0.5, 0.6) is 0 Å². The topological polar surface area (TPSA) is 82.7 Å². The molecule has 3 aromatic carbocycles. The molecule has 2 saturated heterocycles. The van der Waals surface area contributed by atoms with E-state index >= 15 is 0 Å². The predicted molar refractivity (Wildman–Crippen MR) is 161 cm³/mol. The molecule has 40 heavy (non-hydrogen) atoms. The van der Waals surface area contributed by atoms with Crippen LogP contribution in [0, 0.1) is 5.92 Å². The Kier molecular flexibility index (Phi) is 9.34. The molecule has 2 aliphatic heterocycles. The molecule has 1 atom stereocenters. The second-order valence-corrected chi connectivity index (χ2v) is 10.8. The van der Waals surface area contributed by atoms with E-state index in [0.717, 1.165) is 69.6 Å². The van der Waals surface area contributed by atoms with E-state index in [9.17, 15) is 9.59 Å². The molecule has 2 fully saturated rings. The highest BCUT2D eigenvalue weighted by atomic mass is 16.5. The minimum absolute atomic E-state index is 0.0623. The van der Waals surface area contributed by atoms with Crippen molar-refractivity contribution in [1.29, 1.82) is 0 Å². The molecule has 0 spiro atoms. The monoisotopic (exact) mass is 540 g/mol. The second-order valence-electron chi connectivity index (χ2n) is 10.8. The molecule has 3 N–H and O–H groups in total. The van der Waals surface area contributed by atoms with Gasteiger partial charge in [-0.15, -0.1) is 0 Å². The largest absolute Gasteiger partial charge is 0.376 e. The number of rotatable bonds is 9. The van der Waals surface area contributed by atoms with Crippen LogP contribution in [0.25, 0.3) is 0 Å². The average Bonchev–Trinajstić information content (AvgIpc) is 3.51. The zero-order chi connectivity index (χ0) is 27.7. The SMILES string of the molecule is CCc1ccc(NC(=O)Nc2ccc(N3CCC(Cc4ccccc4)CC3)c(C(=O)NCC3CCCO3)c2)cc1. The van der Waals surface area contributed by atoms with Crippen LogP contribution in [-0.4, -0.2) is 44.3 Å². The number of ether oxygens (including phenoxy) is 1. The standard InChI is InChI=1S/C33H40N4O3/c1-2-24-10-12-27(13-11-24)35-33(39)36-28-14-15-31(30(22-28)32(38)34-23-29-9-6-20-40-29)37-18-16-26(17-19-37)21-25-7-4-3-5-8-25/h3-5,7-8,10-15,22,26,29H,2,6,9,16-21,23H2,1H3,(H,34,38)(H2,35,36,39). The molecule has 3 amide bonds. The average molecular weight is 541 g/mol. The van der Waals surface area contributed by atoms with E-state index in [1.807, 2.05) is 36.4 Å². The number of anilines is 3. The highest BCUT2D eigenvalue weighted by molar-refractivity contribution is 6.04. The first kappa shape index (κ1) is 27.7. The molecule has 0 radical (unpaired) electrons. The van der Waals surface area contributed by atoms with Gasteiger partial charge in [-0.05, 0) is 85.9 Å². The summed E-state index contributed by atoms with van der Waals surface area (Å²) in [5.74, 6) is 0.489. The Bertz CT molecular complexity index is 1260. The van der Waals surface area contributed by atoms with E-state index in [1.54, 1.807) is 6.07 Å². The van der Waals surface area contributed by atoms with E-state index < -0.39 is 0 Å². The number of hydrogen-bond acceptors (Lipinski definition) is 4. The van der Waals surface area contributed by atoms with Crippen LogP contribution in [-0.2, 0) is 17.6 Å². The lowest BCUT2D eigenvalue weighted by Crippen LogP contribution is -2.37. The first-order chi connectivity index (χ1) is 19.6. The van der Waals surface area contributed by atoms with Crippen LogP contribution in [0.2, 0.25) is 0 Å². The van der Waals surface area contributed by atoms with E-state index in [1.165, 1.54) is 11.1 Å². The number of nitrogens with one attached hydrogen (secondary N) is 3. The Labute approximate surface area is 237 Å². The number of amides is 3. The number of hydrogen-bond donors (Lipinski definition) is 3. The first-order valence-corrected chi connectivity index (χ1v) is 14.6. The lowest BCUT2D eigenvalue weighted by molar-refractivity contribution is 0.0858. The molecule has 7 heteroatoms. The van der Waals surface area contributed by atoms with Crippen LogP contribution in [0.15, 0.2) is 72.8 Å². The summed E-state index contributed by atoms with van der Waals surface area (Å²) in [7, 11) is 0. The van der Waals surface area contributed by atoms with Crippen LogP contribution >= 0.6 is 0 Å². The Morgan fingerprint density at radius 2 is 1.60 bits per heavy atom. The fourth-order valence-corrected chi connectivity index (χ4v) is 5.62. The molecule has 5 rings (SSSR count). The molecule has 0 bridgehead atoms. The van der Waals surface area contributed by atoms with Gasteiger partial charge < -0.3 is 25.6 Å². The molecule has 0 saturated carbocycles. The van der Waals surface area contributed by atoms with Gasteiger partial charge in [-0.1, -0.05) is 49.4 Å². The fraction of sp³-hybridized carbons (Fsp3) is 0.394. The Morgan fingerprint density at radius 1 is 0.875 bits per heavy atom. The van der Waals surface area contributed by atoms with Crippen LogP contribution < -0.4 is 20.9 Å². The highest BCUT2D eigenvalue weighted by Crippen LogP contribution is 2.30. The van der Waals surface area contributed by atoms with Gasteiger partial charge in [0, 0.05) is 43.3 Å². The summed E-state index contributed by atoms with van der Waals surface area (Å²) >= 11 is 0. The number of carbonyl (C=O) groups is 2. The van der Waals surface area contributed by atoms with Crippen molar-refractivity contribution < 1.29 is 14.3 Å². The Hall–Kier alpha value is -3.84. The fourth-order valence-electron chi connectivity index (χ4n) is 5.62. The minimum atomic E-state index is -0.343. The molecule has 3 aromatic rings. The molecular formula is C33H40N4O3. The molecule has 1 unspecified atom stereocenters. The molecule has 0 aromatic heterocycles. The number of urea groups is 1. The summed E-state index contributed by atoms with van der Waals surface area (Å²) in [6.45, 7) is 5.12. The van der Waals surface area contributed by atoms with E-state index in [0.29, 0.717) is 23.7 Å². The molecule has 2 aliphatic rings. The van der Waals surface area contributed by atoms with E-state index in [2.05, 4.69) is 58.1 Å². The first-order valence-electron chi connectivity index (χ1n) is 14.6. The van der Waals surface area contributed by atoms with Crippen LogP contribution in [0.4, 0.5) is 21.9 Å². The smallest absolute Gasteiger partial charge is 0.323 e. The van der Waals surface area contributed by atoms with Crippen molar-refractivity contribution in [3.05, 3.63) is 89.5 Å². The van der Waals surface area contributed by atoms with Crippen molar-refractivity contribution in [3.8, 4) is 0 Å². The minimum Gasteiger partial charge on any atom is -0.376 e. The van der Waals surface area contributed by atoms with E-state index in [-0.39, 0.29) is 18.0 Å². The quantitative estimate of drug-likeness (QED) is 0.299. The van der Waals surface area contributed by atoms with Crippen LogP contribution in [0.1, 0.15) is 54.1 Å². The summed E-state index contributed by atoms with van der Waals surface area (Å²) in [6.07, 6.45) is 6.23.